The van der Waals surface area contributed by atoms with Crippen molar-refractivity contribution < 1.29 is 20.4 Å². The number of anilines is 2. The zero-order chi connectivity index (χ0) is 13.7. The molecule has 0 aliphatic heterocycles. The number of nitrogen functional groups attached to an aromatic ring is 2. The van der Waals surface area contributed by atoms with Gasteiger partial charge < -0.3 is 31.9 Å². The largest absolute Gasteiger partial charge is 0.504 e. The van der Waals surface area contributed by atoms with Crippen molar-refractivity contribution in [1.82, 2.24) is 0 Å². The van der Waals surface area contributed by atoms with Crippen molar-refractivity contribution in [3.05, 3.63) is 36.4 Å². The Labute approximate surface area is 111 Å². The molecule has 104 valence electrons. The number of rotatable bonds is 0. The summed E-state index contributed by atoms with van der Waals surface area (Å²) in [5, 5.41) is 35.0. The van der Waals surface area contributed by atoms with Gasteiger partial charge >= 0.3 is 0 Å². The van der Waals surface area contributed by atoms with Crippen LogP contribution in [0.5, 0.6) is 23.0 Å². The van der Waals surface area contributed by atoms with Crippen molar-refractivity contribution in [2.45, 2.75) is 7.43 Å². The lowest BCUT2D eigenvalue weighted by Gasteiger charge is -1.95. The molecule has 8 N–H and O–H groups in total. The van der Waals surface area contributed by atoms with Crippen molar-refractivity contribution in [1.29, 1.82) is 0 Å². The van der Waals surface area contributed by atoms with E-state index in [1.165, 1.54) is 36.4 Å². The average Bonchev–Trinajstić information content (AvgIpc) is 2.30. The summed E-state index contributed by atoms with van der Waals surface area (Å²) < 4.78 is 0. The van der Waals surface area contributed by atoms with Gasteiger partial charge in [0.2, 0.25) is 0 Å². The van der Waals surface area contributed by atoms with Gasteiger partial charge in [-0.25, -0.2) is 0 Å². The maximum Gasteiger partial charge on any atom is 0.159 e. The van der Waals surface area contributed by atoms with Gasteiger partial charge in [-0.1, -0.05) is 7.43 Å². The van der Waals surface area contributed by atoms with Gasteiger partial charge in [0.25, 0.3) is 0 Å². The lowest BCUT2D eigenvalue weighted by Crippen LogP contribution is -1.81. The first-order valence-corrected chi connectivity index (χ1v) is 4.95. The minimum absolute atomic E-state index is 0. The fourth-order valence-electron chi connectivity index (χ4n) is 1.08. The van der Waals surface area contributed by atoms with E-state index in [1.807, 2.05) is 0 Å². The fourth-order valence-corrected chi connectivity index (χ4v) is 1.08. The van der Waals surface area contributed by atoms with E-state index in [4.69, 9.17) is 31.9 Å². The zero-order valence-corrected chi connectivity index (χ0v) is 9.41. The molecule has 0 saturated heterocycles. The minimum Gasteiger partial charge on any atom is -0.504 e. The Bertz CT molecular complexity index is 495. The van der Waals surface area contributed by atoms with Gasteiger partial charge in [0, 0.05) is 23.5 Å². The molecular weight excluding hydrogens is 248 g/mol. The highest BCUT2D eigenvalue weighted by atomic mass is 16.3. The molecule has 0 aromatic heterocycles. The van der Waals surface area contributed by atoms with E-state index >= 15 is 0 Å². The number of nitrogens with two attached hydrogens (primary N) is 2. The monoisotopic (exact) mass is 266 g/mol. The first kappa shape index (κ1) is 16.2. The molecule has 19 heavy (non-hydrogen) atoms. The summed E-state index contributed by atoms with van der Waals surface area (Å²) in [4.78, 5) is 0. The van der Waals surface area contributed by atoms with Crippen LogP contribution in [0.15, 0.2) is 36.4 Å². The quantitative estimate of drug-likeness (QED) is 0.245. The van der Waals surface area contributed by atoms with Crippen LogP contribution >= 0.6 is 0 Å². The van der Waals surface area contributed by atoms with Crippen molar-refractivity contribution >= 4 is 11.4 Å². The molecule has 2 rings (SSSR count). The highest BCUT2D eigenvalue weighted by molar-refractivity contribution is 5.50. The number of phenolic OH excluding ortho intramolecular Hbond substituents is 4. The molecule has 6 heteroatoms. The number of hydrogen-bond donors (Lipinski definition) is 6. The van der Waals surface area contributed by atoms with E-state index in [-0.39, 0.29) is 30.4 Å². The molecule has 0 radical (unpaired) electrons. The van der Waals surface area contributed by atoms with Crippen LogP contribution in [0.25, 0.3) is 0 Å². The van der Waals surface area contributed by atoms with Crippen LogP contribution in [-0.4, -0.2) is 20.4 Å². The van der Waals surface area contributed by atoms with Crippen molar-refractivity contribution in [2.75, 3.05) is 11.5 Å². The summed E-state index contributed by atoms with van der Waals surface area (Å²) in [6.45, 7) is 0. The molecule has 2 aromatic rings. The van der Waals surface area contributed by atoms with Crippen LogP contribution in [0.1, 0.15) is 7.43 Å². The van der Waals surface area contributed by atoms with Gasteiger partial charge in [0.05, 0.1) is 0 Å². The van der Waals surface area contributed by atoms with Crippen LogP contribution in [0.4, 0.5) is 11.4 Å². The third-order valence-corrected chi connectivity index (χ3v) is 2.00. The lowest BCUT2D eigenvalue weighted by atomic mass is 10.3. The molecule has 0 aliphatic rings. The normalized spacial score (nSPS) is 8.84. The molecule has 0 aliphatic carbocycles. The van der Waals surface area contributed by atoms with Crippen LogP contribution in [0.3, 0.4) is 0 Å². The highest BCUT2D eigenvalue weighted by Gasteiger charge is 1.96. The Morgan fingerprint density at radius 3 is 1.11 bits per heavy atom. The standard InChI is InChI=1S/2C6H7NO2.CH4/c2*7-4-1-2-5(8)6(9)3-4;/h2*1-3,8-9H,7H2;1H4. The first-order chi connectivity index (χ1) is 8.40. The Kier molecular flexibility index (Phi) is 5.86. The van der Waals surface area contributed by atoms with Crippen molar-refractivity contribution in [3.63, 3.8) is 0 Å². The summed E-state index contributed by atoms with van der Waals surface area (Å²) in [7, 11) is 0. The third-order valence-electron chi connectivity index (χ3n) is 2.00. The van der Waals surface area contributed by atoms with Crippen LogP contribution < -0.4 is 11.5 Å². The third kappa shape index (κ3) is 4.95. The summed E-state index contributed by atoms with van der Waals surface area (Å²) in [6, 6.07) is 8.27. The number of aromatic hydroxyl groups is 4. The smallest absolute Gasteiger partial charge is 0.159 e. The average molecular weight is 266 g/mol. The predicted octanol–water partition coefficient (Wildman–Crippen LogP) is 2.00. The van der Waals surface area contributed by atoms with E-state index in [9.17, 15) is 0 Å². The zero-order valence-electron chi connectivity index (χ0n) is 9.41. The van der Waals surface area contributed by atoms with Crippen LogP contribution in [0, 0.1) is 0 Å². The lowest BCUT2D eigenvalue weighted by molar-refractivity contribution is 0.404. The van der Waals surface area contributed by atoms with Gasteiger partial charge in [-0.3, -0.25) is 0 Å². The Balaban J connectivity index is 0.000000324. The SMILES string of the molecule is C.Nc1ccc(O)c(O)c1.Nc1ccc(O)c(O)c1. The second kappa shape index (κ2) is 6.85. The summed E-state index contributed by atoms with van der Waals surface area (Å²) in [5.41, 5.74) is 11.4. The molecule has 0 spiro atoms. The molecule has 0 amide bonds. The van der Waals surface area contributed by atoms with Crippen LogP contribution in [-0.2, 0) is 0 Å². The molecule has 0 unspecified atom stereocenters. The predicted molar refractivity (Wildman–Crippen MR) is 75.1 cm³/mol. The molecule has 2 aromatic carbocycles. The van der Waals surface area contributed by atoms with Gasteiger partial charge in [0.1, 0.15) is 0 Å². The number of phenols is 4. The minimum atomic E-state index is -0.185. The van der Waals surface area contributed by atoms with Crippen molar-refractivity contribution in [3.8, 4) is 23.0 Å². The van der Waals surface area contributed by atoms with E-state index in [0.29, 0.717) is 11.4 Å². The molecule has 0 saturated carbocycles. The molecule has 0 bridgehead atoms. The molecule has 0 atom stereocenters. The highest BCUT2D eigenvalue weighted by Crippen LogP contribution is 2.26. The van der Waals surface area contributed by atoms with Gasteiger partial charge in [-0.05, 0) is 24.3 Å². The molecule has 6 nitrogen and oxygen atoms in total. The maximum atomic E-state index is 8.77. The summed E-state index contributed by atoms with van der Waals surface area (Å²) in [6.07, 6.45) is 0. The Hall–Kier alpha value is -2.76. The van der Waals surface area contributed by atoms with Crippen LogP contribution in [0.2, 0.25) is 0 Å². The summed E-state index contributed by atoms with van der Waals surface area (Å²) in [5.74, 6) is -0.668. The molecule has 0 fully saturated rings. The first-order valence-electron chi connectivity index (χ1n) is 4.95. The molecular formula is C13H18N2O4. The van der Waals surface area contributed by atoms with E-state index in [1.54, 1.807) is 0 Å². The van der Waals surface area contributed by atoms with E-state index in [0.717, 1.165) is 0 Å². The Morgan fingerprint density at radius 2 is 0.895 bits per heavy atom. The Morgan fingerprint density at radius 1 is 0.579 bits per heavy atom. The second-order valence-corrected chi connectivity index (χ2v) is 3.50. The summed E-state index contributed by atoms with van der Waals surface area (Å²) >= 11 is 0. The van der Waals surface area contributed by atoms with Gasteiger partial charge in [0.15, 0.2) is 23.0 Å². The van der Waals surface area contributed by atoms with E-state index < -0.39 is 0 Å². The van der Waals surface area contributed by atoms with Gasteiger partial charge in [-0.15, -0.1) is 0 Å². The molecule has 0 heterocycles. The maximum absolute atomic E-state index is 8.77. The fraction of sp³-hybridized carbons (Fsp3) is 0.0769. The number of hydrogen-bond acceptors (Lipinski definition) is 6. The number of benzene rings is 2. The second-order valence-electron chi connectivity index (χ2n) is 3.50. The van der Waals surface area contributed by atoms with E-state index in [2.05, 4.69) is 0 Å². The topological polar surface area (TPSA) is 133 Å². The van der Waals surface area contributed by atoms with Crippen molar-refractivity contribution in [2.24, 2.45) is 0 Å². The van der Waals surface area contributed by atoms with Gasteiger partial charge in [-0.2, -0.15) is 0 Å².